The Morgan fingerprint density at radius 3 is 2.14 bits per heavy atom. The topological polar surface area (TPSA) is 120 Å². The molecule has 4 N–H and O–H groups in total. The normalized spacial score (nSPS) is 11.9. The van der Waals surface area contributed by atoms with Crippen molar-refractivity contribution in [3.8, 4) is 0 Å². The first-order valence-corrected chi connectivity index (χ1v) is 11.8. The van der Waals surface area contributed by atoms with Crippen LogP contribution in [-0.2, 0) is 20.7 Å². The zero-order chi connectivity index (χ0) is 26.0. The number of rotatable bonds is 10. The van der Waals surface area contributed by atoms with Crippen molar-refractivity contribution in [2.24, 2.45) is 11.7 Å². The van der Waals surface area contributed by atoms with E-state index in [9.17, 15) is 14.4 Å². The smallest absolute Gasteiger partial charge is 0.326 e. The molecule has 188 valence electrons. The molecule has 0 saturated carbocycles. The third-order valence-corrected chi connectivity index (χ3v) is 5.14. The summed E-state index contributed by atoms with van der Waals surface area (Å²) in [6.45, 7) is 8.47. The Morgan fingerprint density at radius 1 is 1.00 bits per heavy atom. The van der Waals surface area contributed by atoms with Crippen molar-refractivity contribution in [2.45, 2.75) is 46.1 Å². The molecule has 0 saturated heterocycles. The van der Waals surface area contributed by atoms with Gasteiger partial charge in [-0.15, -0.1) is 0 Å². The minimum absolute atomic E-state index is 0.227. The second kappa shape index (κ2) is 13.0. The first-order chi connectivity index (χ1) is 16.5. The SMILES string of the molecule is CCOCCC(Cc1ccc(NC(=O)NC(=O)c2ccc(C(N)=S)cc2)cc1)C(=O)OC(C)(C)C. The molecular weight excluding hydrogens is 466 g/mol. The van der Waals surface area contributed by atoms with E-state index in [2.05, 4.69) is 10.6 Å². The molecule has 2 rings (SSSR count). The van der Waals surface area contributed by atoms with Gasteiger partial charge in [-0.2, -0.15) is 0 Å². The van der Waals surface area contributed by atoms with Gasteiger partial charge in [0, 0.05) is 30.0 Å². The van der Waals surface area contributed by atoms with E-state index in [1.54, 1.807) is 36.4 Å². The molecular formula is C26H33N3O5S. The first-order valence-electron chi connectivity index (χ1n) is 11.4. The van der Waals surface area contributed by atoms with Crippen LogP contribution in [0.1, 0.15) is 55.6 Å². The Morgan fingerprint density at radius 2 is 1.60 bits per heavy atom. The Labute approximate surface area is 211 Å². The van der Waals surface area contributed by atoms with Crippen LogP contribution in [0.4, 0.5) is 10.5 Å². The van der Waals surface area contributed by atoms with Gasteiger partial charge in [0.25, 0.3) is 5.91 Å². The van der Waals surface area contributed by atoms with Crippen molar-refractivity contribution in [2.75, 3.05) is 18.5 Å². The number of benzene rings is 2. The summed E-state index contributed by atoms with van der Waals surface area (Å²) in [4.78, 5) is 37.4. The number of hydrogen-bond acceptors (Lipinski definition) is 6. The molecule has 2 aromatic rings. The molecule has 0 spiro atoms. The van der Waals surface area contributed by atoms with Crippen molar-refractivity contribution in [1.82, 2.24) is 5.32 Å². The van der Waals surface area contributed by atoms with Crippen LogP contribution in [0.2, 0.25) is 0 Å². The molecule has 0 aliphatic rings. The Hall–Kier alpha value is -3.30. The summed E-state index contributed by atoms with van der Waals surface area (Å²) in [5.74, 6) is -1.16. The maximum atomic E-state index is 12.7. The number of carbonyl (C=O) groups is 3. The third kappa shape index (κ3) is 9.84. The first kappa shape index (κ1) is 27.9. The van der Waals surface area contributed by atoms with E-state index in [4.69, 9.17) is 27.4 Å². The summed E-state index contributed by atoms with van der Waals surface area (Å²) in [7, 11) is 0. The van der Waals surface area contributed by atoms with E-state index >= 15 is 0 Å². The van der Waals surface area contributed by atoms with Crippen molar-refractivity contribution in [3.63, 3.8) is 0 Å². The minimum Gasteiger partial charge on any atom is -0.460 e. The predicted molar refractivity (Wildman–Crippen MR) is 139 cm³/mol. The van der Waals surface area contributed by atoms with Crippen LogP contribution in [0.5, 0.6) is 0 Å². The molecule has 8 nitrogen and oxygen atoms in total. The van der Waals surface area contributed by atoms with Crippen molar-refractivity contribution in [1.29, 1.82) is 0 Å². The fraction of sp³-hybridized carbons (Fsp3) is 0.385. The molecule has 1 unspecified atom stereocenters. The van der Waals surface area contributed by atoms with Crippen LogP contribution in [0, 0.1) is 5.92 Å². The Kier molecular flexibility index (Phi) is 10.4. The number of hydrogen-bond donors (Lipinski definition) is 3. The van der Waals surface area contributed by atoms with Gasteiger partial charge in [0.05, 0.1) is 5.92 Å². The average molecular weight is 500 g/mol. The van der Waals surface area contributed by atoms with Crippen LogP contribution in [0.15, 0.2) is 48.5 Å². The lowest BCUT2D eigenvalue weighted by atomic mass is 9.96. The molecule has 0 fully saturated rings. The van der Waals surface area contributed by atoms with Crippen LogP contribution in [0.3, 0.4) is 0 Å². The average Bonchev–Trinajstić information content (AvgIpc) is 2.78. The van der Waals surface area contributed by atoms with Crippen LogP contribution in [-0.4, -0.2) is 41.7 Å². The monoisotopic (exact) mass is 499 g/mol. The van der Waals surface area contributed by atoms with E-state index in [1.807, 2.05) is 39.8 Å². The van der Waals surface area contributed by atoms with E-state index in [0.717, 1.165) is 5.56 Å². The van der Waals surface area contributed by atoms with Crippen molar-refractivity contribution in [3.05, 3.63) is 65.2 Å². The molecule has 0 heterocycles. The molecule has 0 aliphatic carbocycles. The highest BCUT2D eigenvalue weighted by atomic mass is 32.1. The van der Waals surface area contributed by atoms with E-state index in [1.165, 1.54) is 0 Å². The third-order valence-electron chi connectivity index (χ3n) is 4.91. The number of amides is 3. The molecule has 35 heavy (non-hydrogen) atoms. The quantitative estimate of drug-likeness (QED) is 0.254. The van der Waals surface area contributed by atoms with E-state index in [0.29, 0.717) is 42.9 Å². The summed E-state index contributed by atoms with van der Waals surface area (Å²) < 4.78 is 11.0. The van der Waals surface area contributed by atoms with Crippen LogP contribution in [0.25, 0.3) is 0 Å². The van der Waals surface area contributed by atoms with Crippen molar-refractivity contribution >= 4 is 40.8 Å². The molecule has 1 atom stereocenters. The Balaban J connectivity index is 1.96. The van der Waals surface area contributed by atoms with Gasteiger partial charge in [-0.1, -0.05) is 36.5 Å². The second-order valence-corrected chi connectivity index (χ2v) is 9.41. The maximum absolute atomic E-state index is 12.7. The highest BCUT2D eigenvalue weighted by molar-refractivity contribution is 7.80. The number of esters is 1. The maximum Gasteiger partial charge on any atom is 0.326 e. The van der Waals surface area contributed by atoms with Crippen molar-refractivity contribution < 1.29 is 23.9 Å². The lowest BCUT2D eigenvalue weighted by Gasteiger charge is -2.24. The van der Waals surface area contributed by atoms with Gasteiger partial charge in [0.2, 0.25) is 0 Å². The summed E-state index contributed by atoms with van der Waals surface area (Å²) in [6.07, 6.45) is 1.03. The van der Waals surface area contributed by atoms with Gasteiger partial charge < -0.3 is 20.5 Å². The fourth-order valence-corrected chi connectivity index (χ4v) is 3.33. The van der Waals surface area contributed by atoms with Crippen LogP contribution < -0.4 is 16.4 Å². The second-order valence-electron chi connectivity index (χ2n) is 8.97. The highest BCUT2D eigenvalue weighted by Crippen LogP contribution is 2.20. The van der Waals surface area contributed by atoms with Gasteiger partial charge in [0.15, 0.2) is 0 Å². The van der Waals surface area contributed by atoms with Crippen LogP contribution >= 0.6 is 12.2 Å². The summed E-state index contributed by atoms with van der Waals surface area (Å²) in [5.41, 5.74) is 7.33. The lowest BCUT2D eigenvalue weighted by molar-refractivity contribution is -0.160. The molecule has 9 heteroatoms. The van der Waals surface area contributed by atoms with Gasteiger partial charge in [-0.05, 0) is 70.4 Å². The molecule has 0 aliphatic heterocycles. The predicted octanol–water partition coefficient (Wildman–Crippen LogP) is 4.21. The number of thiocarbonyl (C=S) groups is 1. The molecule has 3 amide bonds. The van der Waals surface area contributed by atoms with E-state index < -0.39 is 17.5 Å². The lowest BCUT2D eigenvalue weighted by Crippen LogP contribution is -2.34. The summed E-state index contributed by atoms with van der Waals surface area (Å²) >= 11 is 4.89. The molecule has 0 bridgehead atoms. The number of nitrogens with two attached hydrogens (primary N) is 1. The zero-order valence-corrected chi connectivity index (χ0v) is 21.4. The molecule has 0 aromatic heterocycles. The molecule has 0 radical (unpaired) electrons. The molecule has 2 aromatic carbocycles. The Bertz CT molecular complexity index is 1030. The van der Waals surface area contributed by atoms with Gasteiger partial charge in [0.1, 0.15) is 10.6 Å². The standard InChI is InChI=1S/C26H33N3O5S/c1-5-33-15-14-20(24(31)34-26(2,3)4)16-17-6-12-21(13-7-17)28-25(32)29-23(30)19-10-8-18(9-11-19)22(27)35/h6-13,20H,5,14-16H2,1-4H3,(H2,27,35)(H2,28,29,30,32). The number of urea groups is 1. The fourth-order valence-electron chi connectivity index (χ4n) is 3.19. The number of ether oxygens (including phenoxy) is 2. The number of carbonyl (C=O) groups excluding carboxylic acids is 3. The number of imide groups is 1. The zero-order valence-electron chi connectivity index (χ0n) is 20.6. The summed E-state index contributed by atoms with van der Waals surface area (Å²) in [5, 5.41) is 4.90. The van der Waals surface area contributed by atoms with Gasteiger partial charge in [-0.25, -0.2) is 4.79 Å². The van der Waals surface area contributed by atoms with Gasteiger partial charge in [-0.3, -0.25) is 14.9 Å². The largest absolute Gasteiger partial charge is 0.460 e. The number of nitrogens with one attached hydrogen (secondary N) is 2. The summed E-state index contributed by atoms with van der Waals surface area (Å²) in [6, 6.07) is 12.7. The highest BCUT2D eigenvalue weighted by Gasteiger charge is 2.25. The van der Waals surface area contributed by atoms with Gasteiger partial charge >= 0.3 is 12.0 Å². The number of anilines is 1. The van der Waals surface area contributed by atoms with E-state index in [-0.39, 0.29) is 16.9 Å². The minimum atomic E-state index is -0.662.